The number of nitrogens with two attached hydrogens (primary N) is 1. The van der Waals surface area contributed by atoms with Crippen LogP contribution in [0.5, 0.6) is 5.88 Å². The molecule has 3 heterocycles. The maximum absolute atomic E-state index is 6.12. The highest BCUT2D eigenvalue weighted by atomic mass is 35.5. The van der Waals surface area contributed by atoms with Crippen LogP contribution >= 0.6 is 23.2 Å². The minimum atomic E-state index is 0.442. The third-order valence-corrected chi connectivity index (χ3v) is 3.38. The van der Waals surface area contributed by atoms with E-state index in [1.54, 1.807) is 36.0 Å². The van der Waals surface area contributed by atoms with E-state index in [0.717, 1.165) is 5.56 Å². The second kappa shape index (κ2) is 4.85. The Bertz CT molecular complexity index is 783. The predicted molar refractivity (Wildman–Crippen MR) is 79.4 cm³/mol. The van der Waals surface area contributed by atoms with Crippen molar-refractivity contribution in [2.45, 2.75) is 0 Å². The van der Waals surface area contributed by atoms with E-state index >= 15 is 0 Å². The molecule has 0 unspecified atom stereocenters. The van der Waals surface area contributed by atoms with Crippen LogP contribution in [0.2, 0.25) is 10.0 Å². The second-order valence-corrected chi connectivity index (χ2v) is 4.98. The number of pyridine rings is 2. The molecule has 3 aromatic heterocycles. The fourth-order valence-corrected chi connectivity index (χ4v) is 2.46. The molecule has 3 rings (SSSR count). The Morgan fingerprint density at radius 2 is 2.10 bits per heavy atom. The zero-order chi connectivity index (χ0) is 14.3. The van der Waals surface area contributed by atoms with Gasteiger partial charge in [0.15, 0.2) is 5.65 Å². The quantitative estimate of drug-likeness (QED) is 0.789. The molecule has 2 N–H and O–H groups in total. The first-order valence-corrected chi connectivity index (χ1v) is 6.48. The first-order chi connectivity index (χ1) is 9.60. The highest BCUT2D eigenvalue weighted by Crippen LogP contribution is 2.31. The van der Waals surface area contributed by atoms with Gasteiger partial charge in [0.05, 0.1) is 17.2 Å². The zero-order valence-corrected chi connectivity index (χ0v) is 12.0. The van der Waals surface area contributed by atoms with Crippen molar-refractivity contribution in [1.29, 1.82) is 0 Å². The largest absolute Gasteiger partial charge is 0.481 e. The monoisotopic (exact) mass is 308 g/mol. The van der Waals surface area contributed by atoms with Gasteiger partial charge in [-0.15, -0.1) is 0 Å². The van der Waals surface area contributed by atoms with Crippen LogP contribution in [0.15, 0.2) is 30.6 Å². The van der Waals surface area contributed by atoms with Crippen molar-refractivity contribution in [2.75, 3.05) is 12.8 Å². The van der Waals surface area contributed by atoms with Gasteiger partial charge in [0.25, 0.3) is 0 Å². The van der Waals surface area contributed by atoms with Crippen molar-refractivity contribution in [3.63, 3.8) is 0 Å². The van der Waals surface area contributed by atoms with Gasteiger partial charge in [-0.3, -0.25) is 4.40 Å². The van der Waals surface area contributed by atoms with Gasteiger partial charge in [-0.1, -0.05) is 23.2 Å². The summed E-state index contributed by atoms with van der Waals surface area (Å²) in [5.41, 5.74) is 8.04. The number of anilines is 1. The lowest BCUT2D eigenvalue weighted by molar-refractivity contribution is 0.398. The Balaban J connectivity index is 2.20. The van der Waals surface area contributed by atoms with E-state index < -0.39 is 0 Å². The van der Waals surface area contributed by atoms with E-state index in [-0.39, 0.29) is 0 Å². The molecule has 20 heavy (non-hydrogen) atoms. The van der Waals surface area contributed by atoms with Gasteiger partial charge in [-0.05, 0) is 12.1 Å². The molecular formula is C13H10Cl2N4O. The Morgan fingerprint density at radius 1 is 1.30 bits per heavy atom. The summed E-state index contributed by atoms with van der Waals surface area (Å²) in [6.07, 6.45) is 3.32. The third-order valence-electron chi connectivity index (χ3n) is 2.90. The molecule has 0 radical (unpaired) electrons. The number of nitrogen functional groups attached to an aromatic ring is 1. The van der Waals surface area contributed by atoms with Crippen molar-refractivity contribution in [1.82, 2.24) is 14.4 Å². The molecule has 0 aliphatic rings. The first-order valence-electron chi connectivity index (χ1n) is 5.73. The van der Waals surface area contributed by atoms with Gasteiger partial charge < -0.3 is 10.5 Å². The molecule has 102 valence electrons. The van der Waals surface area contributed by atoms with Crippen LogP contribution in [0.25, 0.3) is 16.9 Å². The molecule has 5 nitrogen and oxygen atoms in total. The van der Waals surface area contributed by atoms with Crippen LogP contribution in [0, 0.1) is 0 Å². The number of aromatic nitrogens is 3. The molecule has 0 aromatic carbocycles. The summed E-state index contributed by atoms with van der Waals surface area (Å²) in [6, 6.07) is 5.20. The lowest BCUT2D eigenvalue weighted by Gasteiger charge is -2.01. The third kappa shape index (κ3) is 2.05. The van der Waals surface area contributed by atoms with Crippen LogP contribution in [-0.4, -0.2) is 21.5 Å². The smallest absolute Gasteiger partial charge is 0.212 e. The predicted octanol–water partition coefficient (Wildman–Crippen LogP) is 3.29. The van der Waals surface area contributed by atoms with Crippen LogP contribution in [0.1, 0.15) is 0 Å². The van der Waals surface area contributed by atoms with Crippen molar-refractivity contribution in [3.05, 3.63) is 40.6 Å². The second-order valence-electron chi connectivity index (χ2n) is 4.13. The molecular weight excluding hydrogens is 299 g/mol. The number of imidazole rings is 1. The lowest BCUT2D eigenvalue weighted by atomic mass is 10.2. The molecule has 0 aliphatic carbocycles. The fraction of sp³-hybridized carbons (Fsp3) is 0.0769. The van der Waals surface area contributed by atoms with Gasteiger partial charge in [-0.25, -0.2) is 9.97 Å². The Morgan fingerprint density at radius 3 is 2.75 bits per heavy atom. The summed E-state index contributed by atoms with van der Waals surface area (Å²) in [4.78, 5) is 8.58. The van der Waals surface area contributed by atoms with E-state index in [0.29, 0.717) is 33.1 Å². The maximum Gasteiger partial charge on any atom is 0.212 e. The highest BCUT2D eigenvalue weighted by Gasteiger charge is 2.14. The summed E-state index contributed by atoms with van der Waals surface area (Å²) < 4.78 is 6.68. The van der Waals surface area contributed by atoms with Gasteiger partial charge in [0.2, 0.25) is 5.88 Å². The van der Waals surface area contributed by atoms with Crippen LogP contribution in [0.3, 0.4) is 0 Å². The number of ether oxygens (including phenoxy) is 1. The van der Waals surface area contributed by atoms with Crippen molar-refractivity contribution >= 4 is 34.7 Å². The standard InChI is InChI=1S/C13H10Cl2N4O/c1-20-10-3-2-7(5-17-10)11-12(16)19-6-8(14)4-9(15)13(19)18-11/h2-6H,16H2,1H3. The normalized spacial score (nSPS) is 10.9. The Kier molecular flexibility index (Phi) is 3.16. The van der Waals surface area contributed by atoms with Crippen molar-refractivity contribution in [3.8, 4) is 17.1 Å². The minimum Gasteiger partial charge on any atom is -0.481 e. The average molecular weight is 309 g/mol. The number of methoxy groups -OCH3 is 1. The molecule has 0 atom stereocenters. The van der Waals surface area contributed by atoms with E-state index in [4.69, 9.17) is 33.7 Å². The summed E-state index contributed by atoms with van der Waals surface area (Å²) in [6.45, 7) is 0. The van der Waals surface area contributed by atoms with Crippen LogP contribution < -0.4 is 10.5 Å². The summed E-state index contributed by atoms with van der Waals surface area (Å²) in [7, 11) is 1.56. The SMILES string of the molecule is COc1ccc(-c2nc3c(Cl)cc(Cl)cn3c2N)cn1. The molecule has 0 saturated heterocycles. The van der Waals surface area contributed by atoms with Crippen molar-refractivity contribution < 1.29 is 4.74 Å². The van der Waals surface area contributed by atoms with Crippen LogP contribution in [0.4, 0.5) is 5.82 Å². The number of fused-ring (bicyclic) bond motifs is 1. The first kappa shape index (κ1) is 13.0. The molecule has 0 bridgehead atoms. The van der Waals surface area contributed by atoms with E-state index in [1.165, 1.54) is 0 Å². The van der Waals surface area contributed by atoms with Crippen LogP contribution in [-0.2, 0) is 0 Å². The molecule has 0 spiro atoms. The number of rotatable bonds is 2. The minimum absolute atomic E-state index is 0.442. The van der Waals surface area contributed by atoms with E-state index in [1.807, 2.05) is 6.07 Å². The summed E-state index contributed by atoms with van der Waals surface area (Å²) >= 11 is 12.1. The molecule has 7 heteroatoms. The molecule has 3 aromatic rings. The molecule has 0 aliphatic heterocycles. The number of hydrogen-bond donors (Lipinski definition) is 1. The topological polar surface area (TPSA) is 65.4 Å². The van der Waals surface area contributed by atoms with Crippen molar-refractivity contribution in [2.24, 2.45) is 0 Å². The van der Waals surface area contributed by atoms with Gasteiger partial charge in [0.1, 0.15) is 11.5 Å². The van der Waals surface area contributed by atoms with E-state index in [2.05, 4.69) is 9.97 Å². The Hall–Kier alpha value is -1.98. The maximum atomic E-state index is 6.12. The summed E-state index contributed by atoms with van der Waals surface area (Å²) in [5.74, 6) is 0.980. The molecule has 0 fully saturated rings. The zero-order valence-electron chi connectivity index (χ0n) is 10.5. The number of hydrogen-bond acceptors (Lipinski definition) is 4. The highest BCUT2D eigenvalue weighted by molar-refractivity contribution is 6.36. The molecule has 0 amide bonds. The van der Waals surface area contributed by atoms with Gasteiger partial charge in [-0.2, -0.15) is 0 Å². The molecule has 0 saturated carbocycles. The van der Waals surface area contributed by atoms with Gasteiger partial charge in [0, 0.05) is 24.0 Å². The fourth-order valence-electron chi connectivity index (χ4n) is 1.94. The van der Waals surface area contributed by atoms with E-state index in [9.17, 15) is 0 Å². The number of halogens is 2. The lowest BCUT2D eigenvalue weighted by Crippen LogP contribution is -1.95. The average Bonchev–Trinajstić information content (AvgIpc) is 2.77. The van der Waals surface area contributed by atoms with Gasteiger partial charge >= 0.3 is 0 Å². The Labute approximate surface area is 124 Å². The summed E-state index contributed by atoms with van der Waals surface area (Å²) in [5, 5.41) is 0.933. The number of nitrogens with zero attached hydrogens (tertiary/aromatic N) is 3.